The van der Waals surface area contributed by atoms with Crippen molar-refractivity contribution in [3.63, 3.8) is 0 Å². The van der Waals surface area contributed by atoms with Crippen LogP contribution in [0.25, 0.3) is 11.3 Å². The summed E-state index contributed by atoms with van der Waals surface area (Å²) in [4.78, 5) is 15.3. The third-order valence-corrected chi connectivity index (χ3v) is 5.58. The molecule has 0 spiro atoms. The standard InChI is InChI=1S/C22H28N6O/c1-16-18(15-27(2)26-16)19-13-20(25-24-19)22(29)23-14-21(17-9-5-3-6-10-17)28-11-7-4-8-12-28/h3,5-6,9-10,13,15,21H,4,7-8,11-12,14H2,1-2H3,(H,23,29)(H,24,25). The van der Waals surface area contributed by atoms with Crippen LogP contribution in [0.1, 0.15) is 47.1 Å². The van der Waals surface area contributed by atoms with Gasteiger partial charge in [0.05, 0.1) is 17.4 Å². The van der Waals surface area contributed by atoms with E-state index in [2.05, 4.69) is 49.8 Å². The van der Waals surface area contributed by atoms with Crippen LogP contribution in [0.4, 0.5) is 0 Å². The van der Waals surface area contributed by atoms with Crippen LogP contribution in [-0.2, 0) is 7.05 Å². The van der Waals surface area contributed by atoms with Gasteiger partial charge in [-0.1, -0.05) is 36.8 Å². The van der Waals surface area contributed by atoms with E-state index in [0.29, 0.717) is 12.2 Å². The highest BCUT2D eigenvalue weighted by molar-refractivity contribution is 5.93. The lowest BCUT2D eigenvalue weighted by Gasteiger charge is -2.35. The zero-order valence-electron chi connectivity index (χ0n) is 17.1. The summed E-state index contributed by atoms with van der Waals surface area (Å²) in [6, 6.07) is 12.4. The third kappa shape index (κ3) is 4.40. The summed E-state index contributed by atoms with van der Waals surface area (Å²) in [6.07, 6.45) is 5.63. The number of likely N-dealkylation sites (tertiary alicyclic amines) is 1. The van der Waals surface area contributed by atoms with Crippen molar-refractivity contribution >= 4 is 5.91 Å². The number of hydrogen-bond donors (Lipinski definition) is 2. The predicted molar refractivity (Wildman–Crippen MR) is 112 cm³/mol. The molecule has 1 amide bonds. The number of aryl methyl sites for hydroxylation is 2. The molecule has 1 saturated heterocycles. The molecule has 0 aliphatic carbocycles. The number of nitrogens with zero attached hydrogens (tertiary/aromatic N) is 4. The van der Waals surface area contributed by atoms with E-state index in [1.165, 1.54) is 24.8 Å². The fourth-order valence-corrected chi connectivity index (χ4v) is 4.07. The number of aromatic amines is 1. The van der Waals surface area contributed by atoms with Gasteiger partial charge in [0.25, 0.3) is 5.91 Å². The van der Waals surface area contributed by atoms with Crippen LogP contribution in [0.15, 0.2) is 42.6 Å². The van der Waals surface area contributed by atoms with Crippen LogP contribution in [-0.4, -0.2) is 50.4 Å². The molecule has 4 rings (SSSR count). The highest BCUT2D eigenvalue weighted by Crippen LogP contribution is 2.24. The number of piperidine rings is 1. The molecular weight excluding hydrogens is 364 g/mol. The zero-order valence-corrected chi connectivity index (χ0v) is 17.1. The Bertz CT molecular complexity index is 955. The van der Waals surface area contributed by atoms with Gasteiger partial charge in [0.2, 0.25) is 0 Å². The van der Waals surface area contributed by atoms with Crippen LogP contribution in [0.5, 0.6) is 0 Å². The molecule has 2 N–H and O–H groups in total. The average molecular weight is 393 g/mol. The maximum absolute atomic E-state index is 12.8. The van der Waals surface area contributed by atoms with Gasteiger partial charge in [-0.25, -0.2) is 0 Å². The number of carbonyl (C=O) groups excluding carboxylic acids is 1. The fraction of sp³-hybridized carbons (Fsp3) is 0.409. The molecule has 152 valence electrons. The lowest BCUT2D eigenvalue weighted by molar-refractivity contribution is 0.0919. The van der Waals surface area contributed by atoms with E-state index in [1.807, 2.05) is 26.2 Å². The maximum Gasteiger partial charge on any atom is 0.269 e. The summed E-state index contributed by atoms with van der Waals surface area (Å²) in [6.45, 7) is 4.66. The number of rotatable bonds is 6. The molecule has 1 aromatic carbocycles. The Balaban J connectivity index is 1.46. The number of amides is 1. The molecule has 1 aliphatic heterocycles. The first-order chi connectivity index (χ1) is 14.1. The number of benzene rings is 1. The van der Waals surface area contributed by atoms with Gasteiger partial charge in [-0.2, -0.15) is 10.2 Å². The summed E-state index contributed by atoms with van der Waals surface area (Å²) >= 11 is 0. The zero-order chi connectivity index (χ0) is 20.2. The van der Waals surface area contributed by atoms with Crippen molar-refractivity contribution in [2.24, 2.45) is 7.05 Å². The van der Waals surface area contributed by atoms with E-state index in [-0.39, 0.29) is 11.9 Å². The molecule has 7 nitrogen and oxygen atoms in total. The van der Waals surface area contributed by atoms with Crippen molar-refractivity contribution in [2.75, 3.05) is 19.6 Å². The summed E-state index contributed by atoms with van der Waals surface area (Å²) in [5.41, 5.74) is 4.26. The first kappa shape index (κ1) is 19.4. The van der Waals surface area contributed by atoms with E-state index in [9.17, 15) is 4.79 Å². The van der Waals surface area contributed by atoms with Crippen molar-refractivity contribution in [1.82, 2.24) is 30.2 Å². The van der Waals surface area contributed by atoms with Crippen LogP contribution < -0.4 is 5.32 Å². The number of hydrogen-bond acceptors (Lipinski definition) is 4. The van der Waals surface area contributed by atoms with E-state index < -0.39 is 0 Å². The summed E-state index contributed by atoms with van der Waals surface area (Å²) in [5, 5.41) is 14.6. The highest BCUT2D eigenvalue weighted by Gasteiger charge is 2.23. The first-order valence-electron chi connectivity index (χ1n) is 10.2. The van der Waals surface area contributed by atoms with Gasteiger partial charge in [-0.05, 0) is 44.5 Å². The lowest BCUT2D eigenvalue weighted by atomic mass is 10.0. The molecule has 1 unspecified atom stereocenters. The maximum atomic E-state index is 12.8. The highest BCUT2D eigenvalue weighted by atomic mass is 16.1. The summed E-state index contributed by atoms with van der Waals surface area (Å²) in [7, 11) is 1.88. The molecule has 2 aromatic heterocycles. The Morgan fingerprint density at radius 2 is 1.97 bits per heavy atom. The minimum absolute atomic E-state index is 0.136. The predicted octanol–water partition coefficient (Wildman–Crippen LogP) is 3.08. The van der Waals surface area contributed by atoms with Crippen molar-refractivity contribution in [2.45, 2.75) is 32.2 Å². The van der Waals surface area contributed by atoms with Gasteiger partial charge < -0.3 is 5.32 Å². The SMILES string of the molecule is Cc1nn(C)cc1-c1cc(C(=O)NCC(c2ccccc2)N2CCCCC2)[nH]n1. The van der Waals surface area contributed by atoms with Crippen LogP contribution in [0.2, 0.25) is 0 Å². The Morgan fingerprint density at radius 3 is 2.66 bits per heavy atom. The van der Waals surface area contributed by atoms with E-state index >= 15 is 0 Å². The quantitative estimate of drug-likeness (QED) is 0.676. The largest absolute Gasteiger partial charge is 0.349 e. The van der Waals surface area contributed by atoms with Gasteiger partial charge in [0, 0.05) is 25.4 Å². The van der Waals surface area contributed by atoms with Crippen LogP contribution in [0.3, 0.4) is 0 Å². The number of H-pyrrole nitrogens is 1. The van der Waals surface area contributed by atoms with E-state index in [0.717, 1.165) is 30.0 Å². The lowest BCUT2D eigenvalue weighted by Crippen LogP contribution is -2.40. The molecule has 1 atom stereocenters. The molecule has 7 heteroatoms. The number of nitrogens with one attached hydrogen (secondary N) is 2. The molecule has 3 heterocycles. The molecule has 1 aliphatic rings. The minimum atomic E-state index is -0.136. The van der Waals surface area contributed by atoms with E-state index in [1.54, 1.807) is 10.7 Å². The number of carbonyl (C=O) groups is 1. The second-order valence-electron chi connectivity index (χ2n) is 7.70. The van der Waals surface area contributed by atoms with Crippen molar-refractivity contribution in [3.05, 3.63) is 59.5 Å². The third-order valence-electron chi connectivity index (χ3n) is 5.58. The minimum Gasteiger partial charge on any atom is -0.349 e. The molecule has 1 fully saturated rings. The number of aromatic nitrogens is 4. The van der Waals surface area contributed by atoms with Crippen molar-refractivity contribution < 1.29 is 4.79 Å². The first-order valence-corrected chi connectivity index (χ1v) is 10.2. The van der Waals surface area contributed by atoms with Gasteiger partial charge in [-0.15, -0.1) is 0 Å². The normalized spacial score (nSPS) is 15.9. The fourth-order valence-electron chi connectivity index (χ4n) is 4.07. The molecule has 29 heavy (non-hydrogen) atoms. The average Bonchev–Trinajstić information content (AvgIpc) is 3.36. The van der Waals surface area contributed by atoms with Crippen molar-refractivity contribution in [3.8, 4) is 11.3 Å². The molecular formula is C22H28N6O. The smallest absolute Gasteiger partial charge is 0.269 e. The van der Waals surface area contributed by atoms with Gasteiger partial charge in [0.15, 0.2) is 0 Å². The van der Waals surface area contributed by atoms with Gasteiger partial charge in [-0.3, -0.25) is 19.5 Å². The summed E-state index contributed by atoms with van der Waals surface area (Å²) < 4.78 is 1.75. The van der Waals surface area contributed by atoms with Crippen molar-refractivity contribution in [1.29, 1.82) is 0 Å². The molecule has 0 saturated carbocycles. The van der Waals surface area contributed by atoms with Gasteiger partial charge >= 0.3 is 0 Å². The van der Waals surface area contributed by atoms with Crippen LogP contribution in [0, 0.1) is 6.92 Å². The second-order valence-corrected chi connectivity index (χ2v) is 7.70. The Kier molecular flexibility index (Phi) is 5.76. The summed E-state index contributed by atoms with van der Waals surface area (Å²) in [5.74, 6) is -0.136. The topological polar surface area (TPSA) is 78.8 Å². The second kappa shape index (κ2) is 8.61. The Hall–Kier alpha value is -2.93. The van der Waals surface area contributed by atoms with Crippen LogP contribution >= 0.6 is 0 Å². The Labute approximate surface area is 171 Å². The Morgan fingerprint density at radius 1 is 1.21 bits per heavy atom. The molecule has 3 aromatic rings. The van der Waals surface area contributed by atoms with Gasteiger partial charge in [0.1, 0.15) is 5.69 Å². The monoisotopic (exact) mass is 392 g/mol. The molecule has 0 bridgehead atoms. The molecule has 0 radical (unpaired) electrons. The van der Waals surface area contributed by atoms with E-state index in [4.69, 9.17) is 0 Å².